The van der Waals surface area contributed by atoms with Gasteiger partial charge in [0.1, 0.15) is 5.69 Å². The Morgan fingerprint density at radius 1 is 1.69 bits per heavy atom. The lowest BCUT2D eigenvalue weighted by molar-refractivity contribution is 0.0593. The zero-order valence-electron chi connectivity index (χ0n) is 8.34. The van der Waals surface area contributed by atoms with Crippen molar-refractivity contribution in [1.82, 2.24) is 4.98 Å². The average Bonchev–Trinajstić information content (AvgIpc) is 2.27. The molecule has 0 fully saturated rings. The Kier molecular flexibility index (Phi) is 4.00. The molecule has 1 aromatic rings. The molecule has 0 aromatic carbocycles. The molecule has 1 rings (SSSR count). The minimum absolute atomic E-state index is 0.0353. The molecule has 88 valence electrons. The van der Waals surface area contributed by atoms with Gasteiger partial charge >= 0.3 is 5.97 Å². The molecule has 0 radical (unpaired) electrons. The predicted molar refractivity (Wildman–Crippen MR) is 54.5 cm³/mol. The fourth-order valence-electron chi connectivity index (χ4n) is 1.14. The number of hydrogen-bond donors (Lipinski definition) is 1. The van der Waals surface area contributed by atoms with Crippen LogP contribution in [0.5, 0.6) is 0 Å². The zero-order chi connectivity index (χ0) is 12.3. The van der Waals surface area contributed by atoms with Crippen molar-refractivity contribution in [3.63, 3.8) is 0 Å². The number of carbonyl (C=O) groups excluding carboxylic acids is 1. The Balaban J connectivity index is 3.33. The summed E-state index contributed by atoms with van der Waals surface area (Å²) < 4.78 is 29.5. The Hall–Kier alpha value is -1.43. The van der Waals surface area contributed by atoms with Crippen LogP contribution in [0.3, 0.4) is 0 Å². The van der Waals surface area contributed by atoms with Gasteiger partial charge in [-0.3, -0.25) is 0 Å². The van der Waals surface area contributed by atoms with Gasteiger partial charge in [-0.15, -0.1) is 11.6 Å². The average molecular weight is 251 g/mol. The third-order valence-corrected chi connectivity index (χ3v) is 2.18. The van der Waals surface area contributed by atoms with Crippen molar-refractivity contribution < 1.29 is 18.3 Å². The van der Waals surface area contributed by atoms with Gasteiger partial charge in [-0.05, 0) is 11.6 Å². The van der Waals surface area contributed by atoms with Gasteiger partial charge in [0.25, 0.3) is 6.43 Å². The van der Waals surface area contributed by atoms with Crippen LogP contribution in [0.25, 0.3) is 0 Å². The van der Waals surface area contributed by atoms with Crippen LogP contribution >= 0.6 is 11.6 Å². The number of hydrogen-bond acceptors (Lipinski definition) is 4. The van der Waals surface area contributed by atoms with E-state index in [0.29, 0.717) is 0 Å². The fourth-order valence-corrected chi connectivity index (χ4v) is 1.36. The number of esters is 1. The summed E-state index contributed by atoms with van der Waals surface area (Å²) in [5.74, 6) is -1.02. The number of nitrogen functional groups attached to an aromatic ring is 1. The molecule has 0 bridgehead atoms. The number of alkyl halides is 3. The van der Waals surface area contributed by atoms with Gasteiger partial charge in [-0.2, -0.15) is 0 Å². The number of nitrogens with zero attached hydrogens (tertiary/aromatic N) is 1. The summed E-state index contributed by atoms with van der Waals surface area (Å²) >= 11 is 5.47. The maximum absolute atomic E-state index is 12.6. The molecule has 4 nitrogen and oxygen atoms in total. The summed E-state index contributed by atoms with van der Waals surface area (Å²) in [6.07, 6.45) is -2.82. The van der Waals surface area contributed by atoms with Crippen molar-refractivity contribution in [3.8, 4) is 0 Å². The number of methoxy groups -OCH3 is 1. The van der Waals surface area contributed by atoms with E-state index in [-0.39, 0.29) is 22.8 Å². The van der Waals surface area contributed by atoms with E-state index in [1.807, 2.05) is 0 Å². The SMILES string of the molecule is COC(=O)c1nc(C(F)F)c(CCl)cc1N. The summed E-state index contributed by atoms with van der Waals surface area (Å²) in [7, 11) is 1.11. The number of nitrogens with two attached hydrogens (primary N) is 1. The predicted octanol–water partition coefficient (Wildman–Crippen LogP) is 2.13. The van der Waals surface area contributed by atoms with E-state index in [1.165, 1.54) is 6.07 Å². The van der Waals surface area contributed by atoms with Crippen LogP contribution in [0.1, 0.15) is 28.2 Å². The highest BCUT2D eigenvalue weighted by molar-refractivity contribution is 6.17. The maximum Gasteiger partial charge on any atom is 0.358 e. The van der Waals surface area contributed by atoms with Gasteiger partial charge < -0.3 is 10.5 Å². The molecule has 1 aromatic heterocycles. The fraction of sp³-hybridized carbons (Fsp3) is 0.333. The highest BCUT2D eigenvalue weighted by Gasteiger charge is 2.21. The van der Waals surface area contributed by atoms with Crippen LogP contribution in [0.4, 0.5) is 14.5 Å². The number of halogens is 3. The second kappa shape index (κ2) is 5.07. The molecule has 0 aliphatic rings. The molecule has 0 aliphatic carbocycles. The van der Waals surface area contributed by atoms with E-state index in [1.54, 1.807) is 0 Å². The molecule has 7 heteroatoms. The molecule has 0 unspecified atom stereocenters. The third-order valence-electron chi connectivity index (χ3n) is 1.89. The Morgan fingerprint density at radius 2 is 2.31 bits per heavy atom. The first-order valence-corrected chi connectivity index (χ1v) is 4.76. The van der Waals surface area contributed by atoms with Gasteiger partial charge in [0.05, 0.1) is 12.8 Å². The molecule has 0 spiro atoms. The molecular formula is C9H9ClF2N2O2. The summed E-state index contributed by atoms with van der Waals surface area (Å²) in [4.78, 5) is 14.6. The lowest BCUT2D eigenvalue weighted by Gasteiger charge is -2.09. The first-order valence-electron chi connectivity index (χ1n) is 4.23. The Morgan fingerprint density at radius 3 is 2.75 bits per heavy atom. The molecule has 0 saturated heterocycles. The van der Waals surface area contributed by atoms with Crippen LogP contribution in [0.15, 0.2) is 6.07 Å². The third kappa shape index (κ3) is 2.38. The van der Waals surface area contributed by atoms with Crippen molar-refractivity contribution in [2.45, 2.75) is 12.3 Å². The molecule has 0 amide bonds. The number of anilines is 1. The van der Waals surface area contributed by atoms with Crippen LogP contribution in [-0.2, 0) is 10.6 Å². The lowest BCUT2D eigenvalue weighted by atomic mass is 10.1. The standard InChI is InChI=1S/C9H9ClF2N2O2/c1-16-9(15)7-5(13)2-4(3-10)6(14-7)8(11)12/h2,8H,3,13H2,1H3. The van der Waals surface area contributed by atoms with Gasteiger partial charge in [0, 0.05) is 5.88 Å². The quantitative estimate of drug-likeness (QED) is 0.659. The highest BCUT2D eigenvalue weighted by atomic mass is 35.5. The molecule has 0 saturated carbocycles. The smallest absolute Gasteiger partial charge is 0.358 e. The molecule has 1 heterocycles. The van der Waals surface area contributed by atoms with Gasteiger partial charge in [-0.1, -0.05) is 0 Å². The molecule has 16 heavy (non-hydrogen) atoms. The molecular weight excluding hydrogens is 242 g/mol. The number of aromatic nitrogens is 1. The minimum Gasteiger partial charge on any atom is -0.464 e. The molecule has 0 aliphatic heterocycles. The maximum atomic E-state index is 12.6. The van der Waals surface area contributed by atoms with Crippen molar-refractivity contribution in [2.24, 2.45) is 0 Å². The van der Waals surface area contributed by atoms with E-state index in [9.17, 15) is 13.6 Å². The van der Waals surface area contributed by atoms with Gasteiger partial charge in [0.2, 0.25) is 0 Å². The van der Waals surface area contributed by atoms with Crippen molar-refractivity contribution in [2.75, 3.05) is 12.8 Å². The van der Waals surface area contributed by atoms with E-state index in [2.05, 4.69) is 9.72 Å². The summed E-state index contributed by atoms with van der Waals surface area (Å²) in [5.41, 5.74) is 4.66. The van der Waals surface area contributed by atoms with Crippen molar-refractivity contribution >= 4 is 23.3 Å². The first-order chi connectivity index (χ1) is 7.51. The van der Waals surface area contributed by atoms with Crippen molar-refractivity contribution in [3.05, 3.63) is 23.0 Å². The number of pyridine rings is 1. The monoisotopic (exact) mass is 250 g/mol. The molecule has 0 atom stereocenters. The number of ether oxygens (including phenoxy) is 1. The van der Waals surface area contributed by atoms with E-state index in [4.69, 9.17) is 17.3 Å². The van der Waals surface area contributed by atoms with Gasteiger partial charge in [0.15, 0.2) is 5.69 Å². The second-order valence-corrected chi connectivity index (χ2v) is 3.16. The number of rotatable bonds is 3. The highest BCUT2D eigenvalue weighted by Crippen LogP contribution is 2.26. The normalized spacial score (nSPS) is 10.6. The zero-order valence-corrected chi connectivity index (χ0v) is 9.09. The topological polar surface area (TPSA) is 65.2 Å². The lowest BCUT2D eigenvalue weighted by Crippen LogP contribution is -2.12. The largest absolute Gasteiger partial charge is 0.464 e. The Bertz CT molecular complexity index is 413. The summed E-state index contributed by atoms with van der Waals surface area (Å²) in [6.45, 7) is 0. The summed E-state index contributed by atoms with van der Waals surface area (Å²) in [6, 6.07) is 1.20. The molecule has 2 N–H and O–H groups in total. The van der Waals surface area contributed by atoms with Crippen LogP contribution in [0, 0.1) is 0 Å². The van der Waals surface area contributed by atoms with Crippen LogP contribution in [0.2, 0.25) is 0 Å². The van der Waals surface area contributed by atoms with E-state index in [0.717, 1.165) is 7.11 Å². The number of carbonyl (C=O) groups is 1. The Labute approximate surface area is 95.4 Å². The summed E-state index contributed by atoms with van der Waals surface area (Å²) in [5, 5.41) is 0. The second-order valence-electron chi connectivity index (χ2n) is 2.90. The van der Waals surface area contributed by atoms with Crippen molar-refractivity contribution in [1.29, 1.82) is 0 Å². The van der Waals surface area contributed by atoms with Crippen LogP contribution in [-0.4, -0.2) is 18.1 Å². The first kappa shape index (κ1) is 12.6. The van der Waals surface area contributed by atoms with Gasteiger partial charge in [-0.25, -0.2) is 18.6 Å². The van der Waals surface area contributed by atoms with Crippen LogP contribution < -0.4 is 5.73 Å². The van der Waals surface area contributed by atoms with E-state index < -0.39 is 18.1 Å². The van der Waals surface area contributed by atoms with E-state index >= 15 is 0 Å². The minimum atomic E-state index is -2.82.